The minimum absolute atomic E-state index is 0.191. The zero-order chi connectivity index (χ0) is 19.4. The van der Waals surface area contributed by atoms with Crippen molar-refractivity contribution in [3.63, 3.8) is 0 Å². The van der Waals surface area contributed by atoms with Crippen molar-refractivity contribution in [2.24, 2.45) is 0 Å². The van der Waals surface area contributed by atoms with E-state index in [2.05, 4.69) is 9.62 Å². The van der Waals surface area contributed by atoms with Gasteiger partial charge in [-0.05, 0) is 45.0 Å². The molecule has 26 heavy (non-hydrogen) atoms. The summed E-state index contributed by atoms with van der Waals surface area (Å²) in [4.78, 5) is 16.0. The van der Waals surface area contributed by atoms with Crippen molar-refractivity contribution in [1.29, 1.82) is 0 Å². The van der Waals surface area contributed by atoms with Gasteiger partial charge in [0.1, 0.15) is 5.60 Å². The molecule has 0 aromatic heterocycles. The van der Waals surface area contributed by atoms with Gasteiger partial charge in [-0.2, -0.15) is 0 Å². The van der Waals surface area contributed by atoms with Gasteiger partial charge in [-0.15, -0.1) is 0 Å². The third kappa shape index (κ3) is 6.42. The second-order valence-electron chi connectivity index (χ2n) is 7.16. The highest BCUT2D eigenvalue weighted by molar-refractivity contribution is 7.89. The third-order valence-corrected chi connectivity index (χ3v) is 5.60. The fourth-order valence-corrected chi connectivity index (χ4v) is 3.66. The first-order chi connectivity index (χ1) is 12.1. The zero-order valence-corrected chi connectivity index (χ0v) is 16.9. The van der Waals surface area contributed by atoms with Gasteiger partial charge >= 0.3 is 6.09 Å². The van der Waals surface area contributed by atoms with Crippen molar-refractivity contribution in [2.75, 3.05) is 39.3 Å². The molecule has 0 saturated carbocycles. The Morgan fingerprint density at radius 1 is 1.15 bits per heavy atom. The summed E-state index contributed by atoms with van der Waals surface area (Å²) in [6.45, 7) is 8.91. The lowest BCUT2D eigenvalue weighted by Crippen LogP contribution is -2.51. The van der Waals surface area contributed by atoms with Crippen LogP contribution in [0.3, 0.4) is 0 Å². The SMILES string of the molecule is CC(C)(C)OC(=O)N1CCN(CCNS(=O)(=O)c2ccc(Cl)cc2)CC1. The summed E-state index contributed by atoms with van der Waals surface area (Å²) >= 11 is 5.78. The van der Waals surface area contributed by atoms with Crippen molar-refractivity contribution >= 4 is 27.7 Å². The van der Waals surface area contributed by atoms with Crippen LogP contribution in [0.15, 0.2) is 29.2 Å². The summed E-state index contributed by atoms with van der Waals surface area (Å²) in [5.74, 6) is 0. The van der Waals surface area contributed by atoms with Crippen LogP contribution < -0.4 is 4.72 Å². The molecule has 0 spiro atoms. The molecule has 1 N–H and O–H groups in total. The number of rotatable bonds is 5. The second-order valence-corrected chi connectivity index (χ2v) is 9.36. The van der Waals surface area contributed by atoms with E-state index in [0.717, 1.165) is 0 Å². The van der Waals surface area contributed by atoms with Crippen molar-refractivity contribution in [2.45, 2.75) is 31.3 Å². The highest BCUT2D eigenvalue weighted by Crippen LogP contribution is 2.14. The molecule has 1 amide bonds. The molecule has 146 valence electrons. The highest BCUT2D eigenvalue weighted by Gasteiger charge is 2.25. The van der Waals surface area contributed by atoms with E-state index >= 15 is 0 Å². The molecule has 1 aliphatic heterocycles. The van der Waals surface area contributed by atoms with Crippen molar-refractivity contribution in [3.8, 4) is 0 Å². The lowest BCUT2D eigenvalue weighted by molar-refractivity contribution is 0.0147. The Bertz CT molecular complexity index is 709. The van der Waals surface area contributed by atoms with Crippen LogP contribution in [-0.4, -0.2) is 69.2 Å². The first kappa shape index (κ1) is 21.0. The average Bonchev–Trinajstić information content (AvgIpc) is 2.54. The first-order valence-corrected chi connectivity index (χ1v) is 10.4. The maximum absolute atomic E-state index is 12.2. The maximum Gasteiger partial charge on any atom is 0.410 e. The number of hydrogen-bond donors (Lipinski definition) is 1. The Kier molecular flexibility index (Phi) is 6.90. The predicted octanol–water partition coefficient (Wildman–Crippen LogP) is 2.17. The monoisotopic (exact) mass is 403 g/mol. The van der Waals surface area contributed by atoms with Crippen LogP contribution in [0.5, 0.6) is 0 Å². The molecule has 7 nitrogen and oxygen atoms in total. The molecule has 0 aliphatic carbocycles. The van der Waals surface area contributed by atoms with Crippen LogP contribution in [0.2, 0.25) is 5.02 Å². The summed E-state index contributed by atoms with van der Waals surface area (Å²) in [5, 5.41) is 0.492. The third-order valence-electron chi connectivity index (χ3n) is 3.87. The Morgan fingerprint density at radius 2 is 1.73 bits per heavy atom. The predicted molar refractivity (Wildman–Crippen MR) is 101 cm³/mol. The van der Waals surface area contributed by atoms with Gasteiger partial charge in [0.15, 0.2) is 0 Å². The van der Waals surface area contributed by atoms with E-state index < -0.39 is 15.6 Å². The number of benzene rings is 1. The lowest BCUT2D eigenvalue weighted by Gasteiger charge is -2.35. The standard InChI is InChI=1S/C17H26ClN3O4S/c1-17(2,3)25-16(22)21-12-10-20(11-13-21)9-8-19-26(23,24)15-6-4-14(18)5-7-15/h4-7,19H,8-13H2,1-3H3. The summed E-state index contributed by atoms with van der Waals surface area (Å²) in [6, 6.07) is 6.05. The fourth-order valence-electron chi connectivity index (χ4n) is 2.52. The Hall–Kier alpha value is -1.35. The molecule has 0 unspecified atom stereocenters. The number of carbonyl (C=O) groups excluding carboxylic acids is 1. The van der Waals surface area contributed by atoms with Crippen LogP contribution in [0.4, 0.5) is 4.79 Å². The number of piperazine rings is 1. The van der Waals surface area contributed by atoms with Crippen LogP contribution in [0.1, 0.15) is 20.8 Å². The Morgan fingerprint density at radius 3 is 2.27 bits per heavy atom. The zero-order valence-electron chi connectivity index (χ0n) is 15.4. The normalized spacial score (nSPS) is 16.5. The molecule has 0 bridgehead atoms. The fraction of sp³-hybridized carbons (Fsp3) is 0.588. The number of carbonyl (C=O) groups is 1. The summed E-state index contributed by atoms with van der Waals surface area (Å²) in [7, 11) is -3.54. The van der Waals surface area contributed by atoms with Gasteiger partial charge in [0, 0.05) is 44.3 Å². The van der Waals surface area contributed by atoms with Gasteiger partial charge in [-0.1, -0.05) is 11.6 Å². The van der Waals surface area contributed by atoms with Crippen molar-refractivity contribution < 1.29 is 17.9 Å². The van der Waals surface area contributed by atoms with Gasteiger partial charge in [-0.3, -0.25) is 4.90 Å². The number of nitrogens with zero attached hydrogens (tertiary/aromatic N) is 2. The molecule has 1 heterocycles. The van der Waals surface area contributed by atoms with Crippen molar-refractivity contribution in [1.82, 2.24) is 14.5 Å². The second kappa shape index (κ2) is 8.56. The molecule has 2 rings (SSSR count). The van der Waals surface area contributed by atoms with Gasteiger partial charge in [0.05, 0.1) is 4.90 Å². The summed E-state index contributed by atoms with van der Waals surface area (Å²) in [5.41, 5.74) is -0.506. The maximum atomic E-state index is 12.2. The molecule has 1 fully saturated rings. The van der Waals surface area contributed by atoms with E-state index in [-0.39, 0.29) is 11.0 Å². The number of amides is 1. The summed E-state index contributed by atoms with van der Waals surface area (Å²) in [6.07, 6.45) is -0.305. The number of halogens is 1. The van der Waals surface area contributed by atoms with Crippen LogP contribution in [-0.2, 0) is 14.8 Å². The van der Waals surface area contributed by atoms with E-state index in [0.29, 0.717) is 44.3 Å². The van der Waals surface area contributed by atoms with E-state index in [1.54, 1.807) is 17.0 Å². The Labute approximate surface area is 160 Å². The first-order valence-electron chi connectivity index (χ1n) is 8.52. The van der Waals surface area contributed by atoms with Crippen LogP contribution in [0, 0.1) is 0 Å². The molecular weight excluding hydrogens is 378 g/mol. The molecule has 1 aromatic carbocycles. The minimum Gasteiger partial charge on any atom is -0.444 e. The minimum atomic E-state index is -3.54. The lowest BCUT2D eigenvalue weighted by atomic mass is 10.2. The quantitative estimate of drug-likeness (QED) is 0.815. The van der Waals surface area contributed by atoms with Gasteiger partial charge in [-0.25, -0.2) is 17.9 Å². The van der Waals surface area contributed by atoms with Crippen molar-refractivity contribution in [3.05, 3.63) is 29.3 Å². The molecule has 1 aliphatic rings. The molecular formula is C17H26ClN3O4S. The molecule has 9 heteroatoms. The van der Waals surface area contributed by atoms with Crippen LogP contribution >= 0.6 is 11.6 Å². The van der Waals surface area contributed by atoms with Gasteiger partial charge in [0.25, 0.3) is 0 Å². The topological polar surface area (TPSA) is 79.0 Å². The molecule has 1 saturated heterocycles. The highest BCUT2D eigenvalue weighted by atomic mass is 35.5. The van der Waals surface area contributed by atoms with E-state index in [1.165, 1.54) is 12.1 Å². The smallest absolute Gasteiger partial charge is 0.410 e. The van der Waals surface area contributed by atoms with Crippen LogP contribution in [0.25, 0.3) is 0 Å². The van der Waals surface area contributed by atoms with E-state index in [9.17, 15) is 13.2 Å². The van der Waals surface area contributed by atoms with Gasteiger partial charge in [0.2, 0.25) is 10.0 Å². The molecule has 0 atom stereocenters. The summed E-state index contributed by atoms with van der Waals surface area (Å²) < 4.78 is 32.4. The number of ether oxygens (including phenoxy) is 1. The molecule has 0 radical (unpaired) electrons. The van der Waals surface area contributed by atoms with E-state index in [1.807, 2.05) is 20.8 Å². The Balaban J connectivity index is 1.75. The number of sulfonamides is 1. The number of hydrogen-bond acceptors (Lipinski definition) is 5. The number of nitrogens with one attached hydrogen (secondary N) is 1. The van der Waals surface area contributed by atoms with Gasteiger partial charge < -0.3 is 9.64 Å². The largest absolute Gasteiger partial charge is 0.444 e. The molecule has 1 aromatic rings. The average molecular weight is 404 g/mol. The van der Waals surface area contributed by atoms with E-state index in [4.69, 9.17) is 16.3 Å².